The number of nitrogens with zero attached hydrogens (tertiary/aromatic N) is 2. The van der Waals surface area contributed by atoms with Crippen LogP contribution in [0.1, 0.15) is 43.8 Å². The Hall–Kier alpha value is -0.910. The van der Waals surface area contributed by atoms with Gasteiger partial charge in [-0.2, -0.15) is 5.10 Å². The van der Waals surface area contributed by atoms with Gasteiger partial charge >= 0.3 is 0 Å². The van der Waals surface area contributed by atoms with Gasteiger partial charge < -0.3 is 9.47 Å². The van der Waals surface area contributed by atoms with Gasteiger partial charge in [-0.1, -0.05) is 0 Å². The molecule has 0 bridgehead atoms. The number of hydrogen-bond acceptors (Lipinski definition) is 4. The Balaban J connectivity index is 1.44. The molecule has 0 spiro atoms. The van der Waals surface area contributed by atoms with Crippen molar-refractivity contribution in [2.24, 2.45) is 0 Å². The van der Waals surface area contributed by atoms with Crippen molar-refractivity contribution in [3.8, 4) is 0 Å². The Morgan fingerprint density at radius 3 is 3.16 bits per heavy atom. The Kier molecular flexibility index (Phi) is 4.48. The van der Waals surface area contributed by atoms with E-state index >= 15 is 0 Å². The number of H-pyrrole nitrogens is 1. The Labute approximate surface area is 114 Å². The molecule has 2 fully saturated rings. The van der Waals surface area contributed by atoms with Gasteiger partial charge in [0.15, 0.2) is 6.29 Å². The highest BCUT2D eigenvalue weighted by molar-refractivity contribution is 5.06. The highest BCUT2D eigenvalue weighted by Gasteiger charge is 2.26. The largest absolute Gasteiger partial charge is 0.353 e. The molecule has 0 amide bonds. The van der Waals surface area contributed by atoms with Crippen molar-refractivity contribution in [3.05, 3.63) is 18.0 Å². The van der Waals surface area contributed by atoms with Gasteiger partial charge in [0.05, 0.1) is 18.3 Å². The number of rotatable bonds is 5. The molecule has 0 aliphatic carbocycles. The first-order valence-corrected chi connectivity index (χ1v) is 7.40. The summed E-state index contributed by atoms with van der Waals surface area (Å²) in [6.07, 6.45) is 7.77. The minimum atomic E-state index is 0.0296. The SMILES string of the molecule is c1cc([C@@H]2CCCN2CCO[C@H]2CCCCO2)[nH]n1. The van der Waals surface area contributed by atoms with Gasteiger partial charge in [0.1, 0.15) is 0 Å². The third-order valence-electron chi connectivity index (χ3n) is 4.07. The highest BCUT2D eigenvalue weighted by atomic mass is 16.7. The fourth-order valence-corrected chi connectivity index (χ4v) is 3.04. The zero-order valence-electron chi connectivity index (χ0n) is 11.4. The molecule has 19 heavy (non-hydrogen) atoms. The summed E-state index contributed by atoms with van der Waals surface area (Å²) in [6.45, 7) is 3.74. The average molecular weight is 265 g/mol. The monoisotopic (exact) mass is 265 g/mol. The van der Waals surface area contributed by atoms with E-state index in [4.69, 9.17) is 9.47 Å². The van der Waals surface area contributed by atoms with E-state index in [1.807, 2.05) is 6.20 Å². The van der Waals surface area contributed by atoms with Crippen molar-refractivity contribution in [2.45, 2.75) is 44.4 Å². The maximum absolute atomic E-state index is 5.82. The van der Waals surface area contributed by atoms with Crippen LogP contribution in [0.25, 0.3) is 0 Å². The van der Waals surface area contributed by atoms with E-state index in [2.05, 4.69) is 21.2 Å². The molecule has 3 heterocycles. The smallest absolute Gasteiger partial charge is 0.157 e. The number of ether oxygens (including phenoxy) is 2. The lowest BCUT2D eigenvalue weighted by Gasteiger charge is -2.26. The van der Waals surface area contributed by atoms with Gasteiger partial charge in [-0.15, -0.1) is 0 Å². The average Bonchev–Trinajstić information content (AvgIpc) is 3.10. The van der Waals surface area contributed by atoms with Crippen molar-refractivity contribution in [1.82, 2.24) is 15.1 Å². The topological polar surface area (TPSA) is 50.4 Å². The number of hydrogen-bond donors (Lipinski definition) is 1. The molecule has 0 aromatic carbocycles. The molecule has 3 rings (SSSR count). The zero-order valence-corrected chi connectivity index (χ0v) is 11.4. The third-order valence-corrected chi connectivity index (χ3v) is 4.07. The first-order chi connectivity index (χ1) is 9.43. The Bertz CT molecular complexity index is 363. The molecule has 1 aromatic heterocycles. The standard InChI is InChI=1S/C14H23N3O2/c1-2-10-18-14(5-1)19-11-9-17-8-3-4-13(17)12-6-7-15-16-12/h6-7,13-14H,1-5,8-11H2,(H,15,16)/t13-,14-/m0/s1. The van der Waals surface area contributed by atoms with E-state index in [-0.39, 0.29) is 6.29 Å². The first kappa shape index (κ1) is 13.1. The molecule has 2 atom stereocenters. The number of aromatic nitrogens is 2. The Morgan fingerprint density at radius 2 is 2.37 bits per heavy atom. The Morgan fingerprint density at radius 1 is 1.37 bits per heavy atom. The third kappa shape index (κ3) is 3.35. The summed E-state index contributed by atoms with van der Waals surface area (Å²) < 4.78 is 11.4. The summed E-state index contributed by atoms with van der Waals surface area (Å²) in [5, 5.41) is 7.14. The van der Waals surface area contributed by atoms with Crippen LogP contribution < -0.4 is 0 Å². The quantitative estimate of drug-likeness (QED) is 0.885. The fraction of sp³-hybridized carbons (Fsp3) is 0.786. The van der Waals surface area contributed by atoms with Gasteiger partial charge in [-0.25, -0.2) is 0 Å². The van der Waals surface area contributed by atoms with Gasteiger partial charge in [-0.3, -0.25) is 10.00 Å². The van der Waals surface area contributed by atoms with E-state index in [0.29, 0.717) is 6.04 Å². The second-order valence-electron chi connectivity index (χ2n) is 5.37. The lowest BCUT2D eigenvalue weighted by Crippen LogP contribution is -2.30. The lowest BCUT2D eigenvalue weighted by molar-refractivity contribution is -0.164. The van der Waals surface area contributed by atoms with Crippen LogP contribution in [0, 0.1) is 0 Å². The first-order valence-electron chi connectivity index (χ1n) is 7.40. The van der Waals surface area contributed by atoms with Crippen LogP contribution in [0.5, 0.6) is 0 Å². The fourth-order valence-electron chi connectivity index (χ4n) is 3.04. The molecule has 2 saturated heterocycles. The zero-order chi connectivity index (χ0) is 12.9. The summed E-state index contributed by atoms with van der Waals surface area (Å²) in [7, 11) is 0. The van der Waals surface area contributed by atoms with Crippen LogP contribution in [0.3, 0.4) is 0 Å². The molecule has 5 nitrogen and oxygen atoms in total. The molecule has 106 valence electrons. The molecule has 2 aliphatic heterocycles. The number of aromatic amines is 1. The van der Waals surface area contributed by atoms with E-state index in [1.54, 1.807) is 0 Å². The van der Waals surface area contributed by atoms with Crippen LogP contribution in [-0.2, 0) is 9.47 Å². The van der Waals surface area contributed by atoms with Crippen molar-refractivity contribution in [3.63, 3.8) is 0 Å². The van der Waals surface area contributed by atoms with Gasteiger partial charge in [0, 0.05) is 19.3 Å². The van der Waals surface area contributed by atoms with E-state index in [1.165, 1.54) is 31.4 Å². The number of nitrogens with one attached hydrogen (secondary N) is 1. The minimum Gasteiger partial charge on any atom is -0.353 e. The lowest BCUT2D eigenvalue weighted by atomic mass is 10.1. The minimum absolute atomic E-state index is 0.0296. The molecule has 0 saturated carbocycles. The summed E-state index contributed by atoms with van der Waals surface area (Å²) >= 11 is 0. The number of likely N-dealkylation sites (tertiary alicyclic amines) is 1. The van der Waals surface area contributed by atoms with Crippen molar-refractivity contribution < 1.29 is 9.47 Å². The van der Waals surface area contributed by atoms with Crippen molar-refractivity contribution >= 4 is 0 Å². The maximum Gasteiger partial charge on any atom is 0.157 e. The summed E-state index contributed by atoms with van der Waals surface area (Å²) in [5.74, 6) is 0. The highest BCUT2D eigenvalue weighted by Crippen LogP contribution is 2.30. The van der Waals surface area contributed by atoms with Gasteiger partial charge in [0.2, 0.25) is 0 Å². The molecule has 0 radical (unpaired) electrons. The van der Waals surface area contributed by atoms with E-state index in [0.717, 1.165) is 32.7 Å². The predicted octanol–water partition coefficient (Wildman–Crippen LogP) is 2.09. The normalized spacial score (nSPS) is 28.8. The molecule has 1 aromatic rings. The van der Waals surface area contributed by atoms with Crippen LogP contribution in [0.15, 0.2) is 12.3 Å². The molecular formula is C14H23N3O2. The second kappa shape index (κ2) is 6.50. The van der Waals surface area contributed by atoms with Gasteiger partial charge in [-0.05, 0) is 44.7 Å². The van der Waals surface area contributed by atoms with E-state index < -0.39 is 0 Å². The van der Waals surface area contributed by atoms with Crippen molar-refractivity contribution in [2.75, 3.05) is 26.3 Å². The summed E-state index contributed by atoms with van der Waals surface area (Å²) in [5.41, 5.74) is 1.23. The second-order valence-corrected chi connectivity index (χ2v) is 5.37. The summed E-state index contributed by atoms with van der Waals surface area (Å²) in [4.78, 5) is 2.48. The molecular weight excluding hydrogens is 242 g/mol. The molecule has 1 N–H and O–H groups in total. The van der Waals surface area contributed by atoms with Crippen LogP contribution in [0.2, 0.25) is 0 Å². The van der Waals surface area contributed by atoms with Crippen LogP contribution in [-0.4, -0.2) is 47.7 Å². The van der Waals surface area contributed by atoms with E-state index in [9.17, 15) is 0 Å². The molecule has 2 aliphatic rings. The van der Waals surface area contributed by atoms with Gasteiger partial charge in [0.25, 0.3) is 0 Å². The van der Waals surface area contributed by atoms with Crippen molar-refractivity contribution in [1.29, 1.82) is 0 Å². The maximum atomic E-state index is 5.82. The predicted molar refractivity (Wildman–Crippen MR) is 71.7 cm³/mol. The van der Waals surface area contributed by atoms with Crippen LogP contribution in [0.4, 0.5) is 0 Å². The van der Waals surface area contributed by atoms with Crippen LogP contribution >= 0.6 is 0 Å². The molecule has 5 heteroatoms. The molecule has 0 unspecified atom stereocenters. The summed E-state index contributed by atoms with van der Waals surface area (Å²) in [6, 6.07) is 2.56.